The van der Waals surface area contributed by atoms with Gasteiger partial charge in [0.25, 0.3) is 0 Å². The van der Waals surface area contributed by atoms with Crippen molar-refractivity contribution in [2.45, 2.75) is 70.9 Å². The maximum absolute atomic E-state index is 2.74. The van der Waals surface area contributed by atoms with E-state index >= 15 is 0 Å². The van der Waals surface area contributed by atoms with Crippen LogP contribution in [0.3, 0.4) is 0 Å². The molecule has 2 atom stereocenters. The summed E-state index contributed by atoms with van der Waals surface area (Å²) in [6.45, 7) is 13.7. The Bertz CT molecular complexity index is 601. The van der Waals surface area contributed by atoms with E-state index in [1.54, 1.807) is 11.1 Å². The Hall–Kier alpha value is -1.06. The molecule has 0 radical (unpaired) electrons. The summed E-state index contributed by atoms with van der Waals surface area (Å²) in [4.78, 5) is 8.06. The number of benzene rings is 1. The van der Waals surface area contributed by atoms with E-state index in [-0.39, 0.29) is 0 Å². The molecule has 26 heavy (non-hydrogen) atoms. The van der Waals surface area contributed by atoms with Crippen molar-refractivity contribution in [1.82, 2.24) is 9.80 Å². The van der Waals surface area contributed by atoms with Crippen molar-refractivity contribution >= 4 is 5.69 Å². The van der Waals surface area contributed by atoms with E-state index < -0.39 is 0 Å². The lowest BCUT2D eigenvalue weighted by Crippen LogP contribution is -2.52. The second kappa shape index (κ2) is 7.90. The molecule has 3 heteroatoms. The van der Waals surface area contributed by atoms with Crippen LogP contribution in [0.1, 0.15) is 76.0 Å². The van der Waals surface area contributed by atoms with Gasteiger partial charge < -0.3 is 4.90 Å². The summed E-state index contributed by atoms with van der Waals surface area (Å²) in [5.74, 6) is 0.831. The number of likely N-dealkylation sites (tertiary alicyclic amines) is 1. The number of rotatable bonds is 3. The summed E-state index contributed by atoms with van der Waals surface area (Å²) >= 11 is 0. The quantitative estimate of drug-likeness (QED) is 0.782. The topological polar surface area (TPSA) is 9.72 Å². The van der Waals surface area contributed by atoms with Gasteiger partial charge in [0, 0.05) is 44.0 Å². The van der Waals surface area contributed by atoms with Crippen molar-refractivity contribution in [3.63, 3.8) is 0 Å². The van der Waals surface area contributed by atoms with Gasteiger partial charge in [-0.25, -0.2) is 0 Å². The van der Waals surface area contributed by atoms with Crippen molar-refractivity contribution in [1.29, 1.82) is 0 Å². The molecule has 2 aliphatic carbocycles. The third-order valence-electron chi connectivity index (χ3n) is 7.26. The first-order valence-electron chi connectivity index (χ1n) is 11.2. The van der Waals surface area contributed by atoms with E-state index in [9.17, 15) is 0 Å². The van der Waals surface area contributed by atoms with E-state index in [2.05, 4.69) is 39.8 Å². The van der Waals surface area contributed by atoms with E-state index in [1.165, 1.54) is 77.1 Å². The van der Waals surface area contributed by atoms with Gasteiger partial charge in [-0.1, -0.05) is 33.3 Å². The minimum absolute atomic E-state index is 0.694. The van der Waals surface area contributed by atoms with Gasteiger partial charge >= 0.3 is 0 Å². The lowest BCUT2D eigenvalue weighted by Gasteiger charge is -2.43. The van der Waals surface area contributed by atoms with Crippen molar-refractivity contribution in [2.75, 3.05) is 44.2 Å². The fourth-order valence-electron chi connectivity index (χ4n) is 5.51. The molecule has 0 N–H and O–H groups in total. The second-order valence-corrected chi connectivity index (χ2v) is 8.29. The summed E-state index contributed by atoms with van der Waals surface area (Å²) in [6.07, 6.45) is 7.05. The van der Waals surface area contributed by atoms with Gasteiger partial charge in [0.15, 0.2) is 0 Å². The predicted molar refractivity (Wildman–Crippen MR) is 111 cm³/mol. The molecule has 3 nitrogen and oxygen atoms in total. The average molecular weight is 356 g/mol. The molecule has 1 aromatic rings. The molecule has 3 fully saturated rings. The third-order valence-corrected chi connectivity index (χ3v) is 7.26. The smallest absolute Gasteiger partial charge is 0.0370 e. The summed E-state index contributed by atoms with van der Waals surface area (Å²) in [6, 6.07) is 9.03. The summed E-state index contributed by atoms with van der Waals surface area (Å²) < 4.78 is 0. The Morgan fingerprint density at radius 1 is 0.923 bits per heavy atom. The molecule has 4 aliphatic rings. The monoisotopic (exact) mass is 355 g/mol. The van der Waals surface area contributed by atoms with Crippen LogP contribution in [0.2, 0.25) is 0 Å². The highest BCUT2D eigenvalue weighted by molar-refractivity contribution is 5.55. The van der Waals surface area contributed by atoms with Gasteiger partial charge in [-0.3, -0.25) is 9.80 Å². The lowest BCUT2D eigenvalue weighted by molar-refractivity contribution is 0.120. The van der Waals surface area contributed by atoms with Crippen molar-refractivity contribution in [3.8, 4) is 0 Å². The minimum Gasteiger partial charge on any atom is -0.369 e. The van der Waals surface area contributed by atoms with Crippen LogP contribution in [0.15, 0.2) is 18.2 Å². The van der Waals surface area contributed by atoms with E-state index in [4.69, 9.17) is 0 Å². The maximum atomic E-state index is 2.74. The Kier molecular flexibility index (Phi) is 5.56. The largest absolute Gasteiger partial charge is 0.369 e. The van der Waals surface area contributed by atoms with Crippen molar-refractivity contribution in [3.05, 3.63) is 29.3 Å². The molecule has 1 aromatic carbocycles. The van der Waals surface area contributed by atoms with Gasteiger partial charge in [-0.2, -0.15) is 0 Å². The number of hydrogen-bond acceptors (Lipinski definition) is 3. The molecule has 144 valence electrons. The first-order valence-corrected chi connectivity index (χ1v) is 11.2. The molecule has 0 aromatic heterocycles. The molecule has 0 spiro atoms. The van der Waals surface area contributed by atoms with Crippen molar-refractivity contribution < 1.29 is 0 Å². The fraction of sp³-hybridized carbons (Fsp3) is 0.739. The number of piperidine rings is 1. The Morgan fingerprint density at radius 2 is 1.69 bits per heavy atom. The molecule has 2 heterocycles. The van der Waals surface area contributed by atoms with Crippen LogP contribution in [0.25, 0.3) is 0 Å². The highest BCUT2D eigenvalue weighted by Gasteiger charge is 2.38. The number of hydrogen-bond donors (Lipinski definition) is 0. The summed E-state index contributed by atoms with van der Waals surface area (Å²) in [7, 11) is 0. The molecule has 2 bridgehead atoms. The Balaban J connectivity index is 0.000000814. The van der Waals surface area contributed by atoms with E-state index in [0.29, 0.717) is 6.04 Å². The molecule has 5 rings (SSSR count). The maximum Gasteiger partial charge on any atom is 0.0370 e. The zero-order valence-corrected chi connectivity index (χ0v) is 17.1. The number of fused-ring (bicyclic) bond motifs is 5. The normalized spacial score (nSPS) is 29.0. The first-order chi connectivity index (χ1) is 12.8. The summed E-state index contributed by atoms with van der Waals surface area (Å²) in [5.41, 5.74) is 4.79. The van der Waals surface area contributed by atoms with Crippen LogP contribution < -0.4 is 4.90 Å². The van der Waals surface area contributed by atoms with Gasteiger partial charge in [0.05, 0.1) is 0 Å². The molecular formula is C23H37N3. The number of nitrogens with zero attached hydrogens (tertiary/aromatic N) is 3. The zero-order chi connectivity index (χ0) is 18.1. The first kappa shape index (κ1) is 18.3. The minimum atomic E-state index is 0.694. The molecule has 1 saturated carbocycles. The third kappa shape index (κ3) is 3.18. The lowest BCUT2D eigenvalue weighted by atomic mass is 9.91. The van der Waals surface area contributed by atoms with Gasteiger partial charge in [-0.15, -0.1) is 0 Å². The molecule has 2 unspecified atom stereocenters. The van der Waals surface area contributed by atoms with Crippen LogP contribution in [-0.2, 0) is 0 Å². The van der Waals surface area contributed by atoms with Crippen molar-refractivity contribution in [2.24, 2.45) is 0 Å². The van der Waals surface area contributed by atoms with Gasteiger partial charge in [0.2, 0.25) is 0 Å². The fourth-order valence-corrected chi connectivity index (χ4v) is 5.51. The molecule has 2 saturated heterocycles. The predicted octanol–water partition coefficient (Wildman–Crippen LogP) is 4.64. The van der Waals surface area contributed by atoms with Gasteiger partial charge in [0.1, 0.15) is 0 Å². The molecule has 0 amide bonds. The average Bonchev–Trinajstić information content (AvgIpc) is 2.95. The highest BCUT2D eigenvalue weighted by atomic mass is 15.3. The number of anilines is 1. The van der Waals surface area contributed by atoms with Crippen LogP contribution in [0, 0.1) is 0 Å². The summed E-state index contributed by atoms with van der Waals surface area (Å²) in [5, 5.41) is 0. The number of piperazine rings is 1. The zero-order valence-electron chi connectivity index (χ0n) is 17.1. The van der Waals surface area contributed by atoms with Gasteiger partial charge in [-0.05, 0) is 68.0 Å². The standard InChI is InChI=1S/C21H31N3.C2H6/c1-2-22-9-8-16-14-21(22)20-15-18(6-7-19(16)20)24-12-10-23(11-13-24)17-4-3-5-17;1-2/h6-7,15-17,21H,2-5,8-14H2,1H3;1-2H3. The van der Waals surface area contributed by atoms with Crippen LogP contribution in [0.4, 0.5) is 5.69 Å². The second-order valence-electron chi connectivity index (χ2n) is 8.29. The molecule has 2 aliphatic heterocycles. The van der Waals surface area contributed by atoms with Crippen LogP contribution >= 0.6 is 0 Å². The van der Waals surface area contributed by atoms with Crippen LogP contribution in [0.5, 0.6) is 0 Å². The Morgan fingerprint density at radius 3 is 2.35 bits per heavy atom. The SMILES string of the molecule is CC.CCN1CCC2CC1c1cc(N3CCN(C4CCC4)CC3)ccc12. The highest BCUT2D eigenvalue weighted by Crippen LogP contribution is 2.49. The van der Waals surface area contributed by atoms with E-state index in [1.807, 2.05) is 13.8 Å². The Labute approximate surface area is 160 Å². The van der Waals surface area contributed by atoms with E-state index in [0.717, 1.165) is 12.0 Å². The van der Waals surface area contributed by atoms with Crippen LogP contribution in [-0.4, -0.2) is 55.1 Å². The molecular weight excluding hydrogens is 318 g/mol.